The standard InChI is InChI=1S/C18H16Cl2N2O2/c19-12-3-1-11(2-4-12)10-21-17(23)15-9-16(15)18(24)22-14-7-5-13(20)6-8-14/h1-8,15-16H,9-10H2,(H,21,23)(H,22,24). The molecule has 4 nitrogen and oxygen atoms in total. The van der Waals surface area contributed by atoms with Crippen LogP contribution in [0.5, 0.6) is 0 Å². The molecule has 2 N–H and O–H groups in total. The van der Waals surface area contributed by atoms with Crippen molar-refractivity contribution in [1.29, 1.82) is 0 Å². The number of carbonyl (C=O) groups excluding carboxylic acids is 2. The molecule has 124 valence electrons. The molecule has 0 aliphatic heterocycles. The lowest BCUT2D eigenvalue weighted by Gasteiger charge is -2.06. The van der Waals surface area contributed by atoms with Gasteiger partial charge in [0.15, 0.2) is 0 Å². The highest BCUT2D eigenvalue weighted by Gasteiger charge is 2.47. The molecular weight excluding hydrogens is 347 g/mol. The van der Waals surface area contributed by atoms with Crippen LogP contribution >= 0.6 is 23.2 Å². The topological polar surface area (TPSA) is 58.2 Å². The molecule has 1 aliphatic carbocycles. The number of hydrogen-bond acceptors (Lipinski definition) is 2. The van der Waals surface area contributed by atoms with Crippen LogP contribution in [0.15, 0.2) is 48.5 Å². The van der Waals surface area contributed by atoms with Crippen LogP contribution in [0.25, 0.3) is 0 Å². The first kappa shape index (κ1) is 16.8. The molecule has 1 aliphatic rings. The van der Waals surface area contributed by atoms with E-state index in [2.05, 4.69) is 10.6 Å². The van der Waals surface area contributed by atoms with E-state index in [4.69, 9.17) is 23.2 Å². The number of amides is 2. The number of anilines is 1. The monoisotopic (exact) mass is 362 g/mol. The van der Waals surface area contributed by atoms with Gasteiger partial charge in [-0.05, 0) is 48.4 Å². The molecule has 2 unspecified atom stereocenters. The van der Waals surface area contributed by atoms with Crippen LogP contribution in [0.4, 0.5) is 5.69 Å². The van der Waals surface area contributed by atoms with Gasteiger partial charge in [-0.3, -0.25) is 9.59 Å². The van der Waals surface area contributed by atoms with E-state index in [-0.39, 0.29) is 23.7 Å². The van der Waals surface area contributed by atoms with Gasteiger partial charge in [0.25, 0.3) is 0 Å². The molecule has 0 radical (unpaired) electrons. The zero-order valence-corrected chi connectivity index (χ0v) is 14.3. The Morgan fingerprint density at radius 2 is 1.42 bits per heavy atom. The fraction of sp³-hybridized carbons (Fsp3) is 0.222. The lowest BCUT2D eigenvalue weighted by molar-refractivity contribution is -0.125. The van der Waals surface area contributed by atoms with Crippen molar-refractivity contribution in [3.8, 4) is 0 Å². The molecule has 0 bridgehead atoms. The van der Waals surface area contributed by atoms with E-state index < -0.39 is 0 Å². The van der Waals surface area contributed by atoms with Gasteiger partial charge in [-0.25, -0.2) is 0 Å². The molecule has 2 aromatic carbocycles. The van der Waals surface area contributed by atoms with Crippen LogP contribution in [0, 0.1) is 11.8 Å². The second-order valence-electron chi connectivity index (χ2n) is 5.79. The van der Waals surface area contributed by atoms with E-state index in [0.717, 1.165) is 5.56 Å². The smallest absolute Gasteiger partial charge is 0.228 e. The first-order valence-electron chi connectivity index (χ1n) is 7.61. The molecule has 2 aromatic rings. The summed E-state index contributed by atoms with van der Waals surface area (Å²) in [5.41, 5.74) is 1.65. The summed E-state index contributed by atoms with van der Waals surface area (Å²) in [5, 5.41) is 6.93. The molecule has 1 fully saturated rings. The van der Waals surface area contributed by atoms with Crippen LogP contribution in [0.1, 0.15) is 12.0 Å². The van der Waals surface area contributed by atoms with Gasteiger partial charge >= 0.3 is 0 Å². The molecule has 0 aromatic heterocycles. The molecule has 24 heavy (non-hydrogen) atoms. The van der Waals surface area contributed by atoms with Gasteiger partial charge in [-0.2, -0.15) is 0 Å². The summed E-state index contributed by atoms with van der Waals surface area (Å²) in [4.78, 5) is 24.3. The second-order valence-corrected chi connectivity index (χ2v) is 6.66. The highest BCUT2D eigenvalue weighted by Crippen LogP contribution is 2.39. The van der Waals surface area contributed by atoms with Gasteiger partial charge in [0.1, 0.15) is 0 Å². The highest BCUT2D eigenvalue weighted by atomic mass is 35.5. The molecule has 0 saturated heterocycles. The van der Waals surface area contributed by atoms with Crippen molar-refractivity contribution >= 4 is 40.7 Å². The zero-order valence-electron chi connectivity index (χ0n) is 12.8. The normalized spacial score (nSPS) is 18.8. The van der Waals surface area contributed by atoms with E-state index in [0.29, 0.717) is 28.7 Å². The third-order valence-corrected chi connectivity index (χ3v) is 4.46. The van der Waals surface area contributed by atoms with Crippen molar-refractivity contribution in [2.75, 3.05) is 5.32 Å². The number of halogens is 2. The van der Waals surface area contributed by atoms with E-state index in [9.17, 15) is 9.59 Å². The largest absolute Gasteiger partial charge is 0.352 e. The average molecular weight is 363 g/mol. The molecule has 0 heterocycles. The number of rotatable bonds is 5. The molecule has 3 rings (SSSR count). The van der Waals surface area contributed by atoms with E-state index in [1.165, 1.54) is 0 Å². The molecule has 6 heteroatoms. The summed E-state index contributed by atoms with van der Waals surface area (Å²) < 4.78 is 0. The van der Waals surface area contributed by atoms with E-state index in [1.807, 2.05) is 12.1 Å². The van der Waals surface area contributed by atoms with Crippen LogP contribution in [-0.4, -0.2) is 11.8 Å². The maximum atomic E-state index is 12.1. The van der Waals surface area contributed by atoms with Crippen LogP contribution < -0.4 is 10.6 Å². The van der Waals surface area contributed by atoms with Gasteiger partial charge in [0.2, 0.25) is 11.8 Å². The second kappa shape index (κ2) is 7.24. The van der Waals surface area contributed by atoms with Gasteiger partial charge in [-0.1, -0.05) is 35.3 Å². The summed E-state index contributed by atoms with van der Waals surface area (Å²) in [6, 6.07) is 14.2. The summed E-state index contributed by atoms with van der Waals surface area (Å²) >= 11 is 11.6. The maximum Gasteiger partial charge on any atom is 0.228 e. The minimum Gasteiger partial charge on any atom is -0.352 e. The Hall–Kier alpha value is -2.04. The van der Waals surface area contributed by atoms with Gasteiger partial charge < -0.3 is 10.6 Å². The van der Waals surface area contributed by atoms with Gasteiger partial charge in [0, 0.05) is 22.3 Å². The van der Waals surface area contributed by atoms with Gasteiger partial charge in [-0.15, -0.1) is 0 Å². The Morgan fingerprint density at radius 3 is 2.04 bits per heavy atom. The van der Waals surface area contributed by atoms with Gasteiger partial charge in [0.05, 0.1) is 11.8 Å². The summed E-state index contributed by atoms with van der Waals surface area (Å²) in [6.07, 6.45) is 0.575. The predicted octanol–water partition coefficient (Wildman–Crippen LogP) is 3.88. The predicted molar refractivity (Wildman–Crippen MR) is 95.0 cm³/mol. The van der Waals surface area contributed by atoms with Crippen molar-refractivity contribution in [2.24, 2.45) is 11.8 Å². The first-order valence-corrected chi connectivity index (χ1v) is 8.37. The lowest BCUT2D eigenvalue weighted by atomic mass is 10.2. The number of benzene rings is 2. The lowest BCUT2D eigenvalue weighted by Crippen LogP contribution is -2.27. The Balaban J connectivity index is 1.47. The van der Waals surface area contributed by atoms with E-state index in [1.54, 1.807) is 36.4 Å². The Bertz CT molecular complexity index is 745. The van der Waals surface area contributed by atoms with E-state index >= 15 is 0 Å². The molecule has 2 atom stereocenters. The van der Waals surface area contributed by atoms with Crippen molar-refractivity contribution in [3.05, 3.63) is 64.1 Å². The minimum absolute atomic E-state index is 0.0961. The SMILES string of the molecule is O=C(NCc1ccc(Cl)cc1)C1CC1C(=O)Nc1ccc(Cl)cc1. The maximum absolute atomic E-state index is 12.1. The number of carbonyl (C=O) groups is 2. The highest BCUT2D eigenvalue weighted by molar-refractivity contribution is 6.30. The third-order valence-electron chi connectivity index (χ3n) is 3.96. The fourth-order valence-corrected chi connectivity index (χ4v) is 2.72. The Morgan fingerprint density at radius 1 is 0.875 bits per heavy atom. The number of hydrogen-bond donors (Lipinski definition) is 2. The average Bonchev–Trinajstić information content (AvgIpc) is 3.37. The zero-order chi connectivity index (χ0) is 17.1. The Labute approximate surface area is 150 Å². The summed E-state index contributed by atoms with van der Waals surface area (Å²) in [6.45, 7) is 0.429. The molecule has 2 amide bonds. The fourth-order valence-electron chi connectivity index (χ4n) is 2.47. The Kier molecular flexibility index (Phi) is 5.07. The first-order chi connectivity index (χ1) is 11.5. The molecular formula is C18H16Cl2N2O2. The van der Waals surface area contributed by atoms with Crippen LogP contribution in [0.2, 0.25) is 10.0 Å². The van der Waals surface area contributed by atoms with Crippen molar-refractivity contribution < 1.29 is 9.59 Å². The quantitative estimate of drug-likeness (QED) is 0.847. The summed E-state index contributed by atoms with van der Waals surface area (Å²) in [7, 11) is 0. The van der Waals surface area contributed by atoms with Crippen molar-refractivity contribution in [1.82, 2.24) is 5.32 Å². The van der Waals surface area contributed by atoms with Crippen LogP contribution in [0.3, 0.4) is 0 Å². The van der Waals surface area contributed by atoms with Crippen molar-refractivity contribution in [2.45, 2.75) is 13.0 Å². The molecule has 0 spiro atoms. The third kappa shape index (κ3) is 4.28. The summed E-state index contributed by atoms with van der Waals surface area (Å²) in [5.74, 6) is -0.763. The minimum atomic E-state index is -0.272. The number of nitrogens with one attached hydrogen (secondary N) is 2. The van der Waals surface area contributed by atoms with Crippen molar-refractivity contribution in [3.63, 3.8) is 0 Å². The molecule has 1 saturated carbocycles. The van der Waals surface area contributed by atoms with Crippen LogP contribution in [-0.2, 0) is 16.1 Å².